The van der Waals surface area contributed by atoms with Crippen molar-refractivity contribution in [2.24, 2.45) is 0 Å². The van der Waals surface area contributed by atoms with Gasteiger partial charge in [0.15, 0.2) is 5.82 Å². The van der Waals surface area contributed by atoms with Crippen LogP contribution >= 0.6 is 0 Å². The summed E-state index contributed by atoms with van der Waals surface area (Å²) in [5.74, 6) is 0.353. The molecule has 1 aromatic heterocycles. The molecule has 1 saturated heterocycles. The Hall–Kier alpha value is -2.77. The molecule has 2 aliphatic rings. The molecule has 8 heteroatoms. The molecule has 2 fully saturated rings. The molecule has 0 unspecified atom stereocenters. The summed E-state index contributed by atoms with van der Waals surface area (Å²) >= 11 is 0. The minimum absolute atomic E-state index is 0.0895. The average Bonchev–Trinajstić information content (AvgIpc) is 3.15. The van der Waals surface area contributed by atoms with E-state index in [1.54, 1.807) is 4.68 Å². The third-order valence-electron chi connectivity index (χ3n) is 5.03. The van der Waals surface area contributed by atoms with E-state index < -0.39 is 5.54 Å². The zero-order valence-electron chi connectivity index (χ0n) is 13.9. The number of amides is 3. The third-order valence-corrected chi connectivity index (χ3v) is 5.03. The number of rotatable bonds is 4. The standard InChI is InChI=1S/C17H20N6O2/c24-15-17(9-5-2-6-10-17)18-16(25)22(15)12-14-19-20-21-23(14)11-13-7-3-1-4-8-13/h1,3-4,7-8H,2,5-6,9-12H2,(H,18,25). The van der Waals surface area contributed by atoms with Crippen molar-refractivity contribution in [1.29, 1.82) is 0 Å². The number of carbonyl (C=O) groups is 2. The molecular formula is C17H20N6O2. The molecule has 1 spiro atoms. The lowest BCUT2D eigenvalue weighted by molar-refractivity contribution is -0.132. The van der Waals surface area contributed by atoms with Gasteiger partial charge in [0.05, 0.1) is 13.1 Å². The minimum atomic E-state index is -0.715. The van der Waals surface area contributed by atoms with Crippen LogP contribution in [0.15, 0.2) is 30.3 Å². The molecule has 25 heavy (non-hydrogen) atoms. The molecule has 2 heterocycles. The summed E-state index contributed by atoms with van der Waals surface area (Å²) < 4.78 is 1.63. The molecular weight excluding hydrogens is 320 g/mol. The molecule has 1 aromatic carbocycles. The SMILES string of the molecule is O=C1NC2(CCCCC2)C(=O)N1Cc1nnnn1Cc1ccccc1. The van der Waals surface area contributed by atoms with Gasteiger partial charge in [-0.05, 0) is 28.8 Å². The van der Waals surface area contributed by atoms with Crippen LogP contribution < -0.4 is 5.32 Å². The van der Waals surface area contributed by atoms with E-state index in [0.717, 1.165) is 24.8 Å². The predicted molar refractivity (Wildman–Crippen MR) is 88.3 cm³/mol. The quantitative estimate of drug-likeness (QED) is 0.851. The van der Waals surface area contributed by atoms with Crippen molar-refractivity contribution in [3.63, 3.8) is 0 Å². The molecule has 0 radical (unpaired) electrons. The van der Waals surface area contributed by atoms with Crippen molar-refractivity contribution in [3.8, 4) is 0 Å². The fourth-order valence-corrected chi connectivity index (χ4v) is 3.67. The van der Waals surface area contributed by atoms with Gasteiger partial charge in [-0.3, -0.25) is 9.69 Å². The lowest BCUT2D eigenvalue weighted by atomic mass is 9.82. The zero-order chi connectivity index (χ0) is 17.3. The van der Waals surface area contributed by atoms with Crippen molar-refractivity contribution in [1.82, 2.24) is 30.4 Å². The number of nitrogens with one attached hydrogen (secondary N) is 1. The van der Waals surface area contributed by atoms with Crippen LogP contribution in [0.2, 0.25) is 0 Å². The molecule has 1 N–H and O–H groups in total. The normalized spacial score (nSPS) is 19.4. The van der Waals surface area contributed by atoms with Crippen LogP contribution in [-0.2, 0) is 17.9 Å². The van der Waals surface area contributed by atoms with E-state index >= 15 is 0 Å². The summed E-state index contributed by atoms with van der Waals surface area (Å²) in [5.41, 5.74) is 0.338. The van der Waals surface area contributed by atoms with Gasteiger partial charge in [-0.2, -0.15) is 0 Å². The second-order valence-electron chi connectivity index (χ2n) is 6.70. The molecule has 0 atom stereocenters. The number of carbonyl (C=O) groups excluding carboxylic acids is 2. The molecule has 4 rings (SSSR count). The highest BCUT2D eigenvalue weighted by Crippen LogP contribution is 2.34. The Balaban J connectivity index is 1.52. The van der Waals surface area contributed by atoms with Gasteiger partial charge in [0.25, 0.3) is 5.91 Å². The Morgan fingerprint density at radius 1 is 1.04 bits per heavy atom. The van der Waals surface area contributed by atoms with Crippen LogP contribution in [0.3, 0.4) is 0 Å². The largest absolute Gasteiger partial charge is 0.325 e. The first-order valence-corrected chi connectivity index (χ1v) is 8.61. The second-order valence-corrected chi connectivity index (χ2v) is 6.70. The summed E-state index contributed by atoms with van der Waals surface area (Å²) in [6.45, 7) is 0.588. The summed E-state index contributed by atoms with van der Waals surface area (Å²) in [7, 11) is 0. The molecule has 1 aliphatic heterocycles. The first-order chi connectivity index (χ1) is 12.2. The fraction of sp³-hybridized carbons (Fsp3) is 0.471. The highest BCUT2D eigenvalue weighted by Gasteiger charge is 2.51. The Labute approximate surface area is 145 Å². The third kappa shape index (κ3) is 2.88. The number of benzene rings is 1. The van der Waals surface area contributed by atoms with E-state index in [0.29, 0.717) is 25.2 Å². The summed E-state index contributed by atoms with van der Waals surface area (Å²) in [5, 5.41) is 14.6. The van der Waals surface area contributed by atoms with Crippen molar-refractivity contribution >= 4 is 11.9 Å². The molecule has 2 aromatic rings. The van der Waals surface area contributed by atoms with Crippen molar-refractivity contribution in [2.75, 3.05) is 0 Å². The van der Waals surface area contributed by atoms with Crippen LogP contribution in [0.5, 0.6) is 0 Å². The van der Waals surface area contributed by atoms with Gasteiger partial charge in [0.1, 0.15) is 5.54 Å². The Kier molecular flexibility index (Phi) is 3.95. The van der Waals surface area contributed by atoms with Crippen LogP contribution in [0.4, 0.5) is 4.79 Å². The van der Waals surface area contributed by atoms with Crippen molar-refractivity contribution in [2.45, 2.75) is 50.7 Å². The van der Waals surface area contributed by atoms with Gasteiger partial charge in [0.2, 0.25) is 0 Å². The van der Waals surface area contributed by atoms with Crippen LogP contribution in [0.25, 0.3) is 0 Å². The van der Waals surface area contributed by atoms with E-state index in [1.165, 1.54) is 4.90 Å². The highest BCUT2D eigenvalue weighted by atomic mass is 16.2. The monoisotopic (exact) mass is 340 g/mol. The number of urea groups is 1. The van der Waals surface area contributed by atoms with E-state index in [1.807, 2.05) is 30.3 Å². The zero-order valence-corrected chi connectivity index (χ0v) is 13.9. The lowest BCUT2D eigenvalue weighted by Gasteiger charge is -2.30. The fourth-order valence-electron chi connectivity index (χ4n) is 3.67. The van der Waals surface area contributed by atoms with Crippen LogP contribution in [0.1, 0.15) is 43.5 Å². The van der Waals surface area contributed by atoms with Gasteiger partial charge in [-0.25, -0.2) is 9.48 Å². The second kappa shape index (κ2) is 6.27. The van der Waals surface area contributed by atoms with Gasteiger partial charge >= 0.3 is 6.03 Å². The topological polar surface area (TPSA) is 93.0 Å². The number of aromatic nitrogens is 4. The van der Waals surface area contributed by atoms with E-state index in [-0.39, 0.29) is 18.5 Å². The summed E-state index contributed by atoms with van der Waals surface area (Å²) in [6, 6.07) is 9.46. The van der Waals surface area contributed by atoms with Crippen molar-refractivity contribution < 1.29 is 9.59 Å². The predicted octanol–water partition coefficient (Wildman–Crippen LogP) is 1.48. The first-order valence-electron chi connectivity index (χ1n) is 8.61. The maximum absolute atomic E-state index is 12.9. The first kappa shape index (κ1) is 15.7. The van der Waals surface area contributed by atoms with Gasteiger partial charge in [0, 0.05) is 0 Å². The van der Waals surface area contributed by atoms with Crippen LogP contribution in [-0.4, -0.2) is 42.6 Å². The molecule has 1 aliphatic carbocycles. The molecule has 0 bridgehead atoms. The summed E-state index contributed by atoms with van der Waals surface area (Å²) in [4.78, 5) is 26.5. The Morgan fingerprint density at radius 2 is 1.80 bits per heavy atom. The summed E-state index contributed by atoms with van der Waals surface area (Å²) in [6.07, 6.45) is 4.46. The average molecular weight is 340 g/mol. The molecule has 3 amide bonds. The molecule has 130 valence electrons. The van der Waals surface area contributed by atoms with Gasteiger partial charge < -0.3 is 5.32 Å². The lowest BCUT2D eigenvalue weighted by Crippen LogP contribution is -2.48. The number of hydrogen-bond acceptors (Lipinski definition) is 5. The number of tetrazole rings is 1. The van der Waals surface area contributed by atoms with E-state index in [2.05, 4.69) is 20.8 Å². The minimum Gasteiger partial charge on any atom is -0.323 e. The smallest absolute Gasteiger partial charge is 0.323 e. The number of nitrogens with zero attached hydrogens (tertiary/aromatic N) is 5. The molecule has 8 nitrogen and oxygen atoms in total. The maximum Gasteiger partial charge on any atom is 0.325 e. The Morgan fingerprint density at radius 3 is 2.56 bits per heavy atom. The van der Waals surface area contributed by atoms with Crippen molar-refractivity contribution in [3.05, 3.63) is 41.7 Å². The number of hydrogen-bond donors (Lipinski definition) is 1. The number of imide groups is 1. The highest BCUT2D eigenvalue weighted by molar-refractivity contribution is 6.06. The van der Waals surface area contributed by atoms with Crippen LogP contribution in [0, 0.1) is 0 Å². The molecule has 1 saturated carbocycles. The maximum atomic E-state index is 12.9. The van der Waals surface area contributed by atoms with Gasteiger partial charge in [-0.1, -0.05) is 49.6 Å². The van der Waals surface area contributed by atoms with Gasteiger partial charge in [-0.15, -0.1) is 5.10 Å². The van der Waals surface area contributed by atoms with E-state index in [9.17, 15) is 9.59 Å². The van der Waals surface area contributed by atoms with E-state index in [4.69, 9.17) is 0 Å². The Bertz CT molecular complexity index is 781.